The third kappa shape index (κ3) is 6.38. The van der Waals surface area contributed by atoms with Gasteiger partial charge in [0.1, 0.15) is 11.6 Å². The number of hydrogen-bond donors (Lipinski definition) is 2. The summed E-state index contributed by atoms with van der Waals surface area (Å²) in [6, 6.07) is 7.08. The summed E-state index contributed by atoms with van der Waals surface area (Å²) in [5.41, 5.74) is 0.708. The summed E-state index contributed by atoms with van der Waals surface area (Å²) in [6.07, 6.45) is -3.02. The van der Waals surface area contributed by atoms with Gasteiger partial charge in [-0.15, -0.1) is 0 Å². The van der Waals surface area contributed by atoms with E-state index >= 15 is 0 Å². The van der Waals surface area contributed by atoms with Crippen LogP contribution in [0.4, 0.5) is 23.8 Å². The van der Waals surface area contributed by atoms with Crippen molar-refractivity contribution in [1.82, 2.24) is 19.6 Å². The maximum Gasteiger partial charge on any atom is 0.399 e. The first-order valence-electron chi connectivity index (χ1n) is 8.87. The van der Waals surface area contributed by atoms with E-state index in [1.165, 1.54) is 12.3 Å². The fraction of sp³-hybridized carbons (Fsp3) is 0.211. The second-order valence-corrected chi connectivity index (χ2v) is 7.79. The minimum absolute atomic E-state index is 0.0505. The van der Waals surface area contributed by atoms with E-state index in [0.29, 0.717) is 11.1 Å². The number of amides is 4. The molecule has 13 heteroatoms. The molecule has 1 aliphatic rings. The number of imide groups is 1. The molecule has 0 radical (unpaired) electrons. The van der Waals surface area contributed by atoms with Gasteiger partial charge in [-0.3, -0.25) is 24.5 Å². The Balaban J connectivity index is 1.46. The molecule has 8 nitrogen and oxygen atoms in total. The molecule has 2 aromatic rings. The van der Waals surface area contributed by atoms with Crippen molar-refractivity contribution in [2.75, 3.05) is 23.4 Å². The van der Waals surface area contributed by atoms with Crippen molar-refractivity contribution in [3.63, 3.8) is 0 Å². The molecule has 2 heterocycles. The topological polar surface area (TPSA) is 104 Å². The molecule has 0 spiro atoms. The molecule has 3 rings (SSSR count). The van der Waals surface area contributed by atoms with Gasteiger partial charge in [0.2, 0.25) is 0 Å². The van der Waals surface area contributed by atoms with Gasteiger partial charge in [0, 0.05) is 6.20 Å². The minimum Gasteiger partial charge on any atom is -0.292 e. The normalized spacial score (nSPS) is 12.8. The number of carbonyl (C=O) groups excluding carboxylic acids is 3. The summed E-state index contributed by atoms with van der Waals surface area (Å²) in [5.74, 6) is 3.93. The number of hydrogen-bond acceptors (Lipinski definition) is 7. The third-order valence-electron chi connectivity index (χ3n) is 3.79. The van der Waals surface area contributed by atoms with Crippen LogP contribution in [0.3, 0.4) is 0 Å². The Kier molecular flexibility index (Phi) is 7.60. The maximum atomic E-state index is 12.2. The van der Waals surface area contributed by atoms with Crippen molar-refractivity contribution < 1.29 is 27.6 Å². The van der Waals surface area contributed by atoms with E-state index < -0.39 is 18.0 Å². The predicted molar refractivity (Wildman–Crippen MR) is 113 cm³/mol. The van der Waals surface area contributed by atoms with Gasteiger partial charge in [-0.1, -0.05) is 35.7 Å². The Morgan fingerprint density at radius 3 is 2.44 bits per heavy atom. The number of nitrogens with one attached hydrogen (secondary N) is 2. The second-order valence-electron chi connectivity index (χ2n) is 6.07. The SMILES string of the molecule is O=C(NSCC(F)(F)F)Nc1ccnc(SCC#CCN2C(=O)c3ccccc3C2=O)n1. The lowest BCUT2D eigenvalue weighted by atomic mass is 10.1. The number of fused-ring (bicyclic) bond motifs is 1. The summed E-state index contributed by atoms with van der Waals surface area (Å²) in [5, 5.41) is 2.58. The van der Waals surface area contributed by atoms with Crippen LogP contribution >= 0.6 is 23.7 Å². The van der Waals surface area contributed by atoms with Crippen molar-refractivity contribution in [1.29, 1.82) is 0 Å². The Hall–Kier alpha value is -3.24. The molecule has 0 aliphatic carbocycles. The first kappa shape index (κ1) is 23.4. The molecule has 0 fully saturated rings. The number of anilines is 1. The van der Waals surface area contributed by atoms with Crippen LogP contribution in [0.1, 0.15) is 20.7 Å². The van der Waals surface area contributed by atoms with Crippen LogP contribution in [0, 0.1) is 11.8 Å². The minimum atomic E-state index is -4.39. The van der Waals surface area contributed by atoms with E-state index in [4.69, 9.17) is 0 Å². The highest BCUT2D eigenvalue weighted by molar-refractivity contribution is 7.99. The fourth-order valence-corrected chi connectivity index (χ4v) is 3.49. The first-order valence-corrected chi connectivity index (χ1v) is 10.8. The van der Waals surface area contributed by atoms with Crippen LogP contribution in [0.5, 0.6) is 0 Å². The fourth-order valence-electron chi connectivity index (χ4n) is 2.47. The highest BCUT2D eigenvalue weighted by Gasteiger charge is 2.34. The lowest BCUT2D eigenvalue weighted by Gasteiger charge is -2.08. The molecule has 0 bridgehead atoms. The maximum absolute atomic E-state index is 12.2. The van der Waals surface area contributed by atoms with Crippen LogP contribution in [0.15, 0.2) is 41.7 Å². The Labute approximate surface area is 188 Å². The number of carbonyl (C=O) groups is 3. The van der Waals surface area contributed by atoms with Crippen molar-refractivity contribution in [2.24, 2.45) is 0 Å². The van der Waals surface area contributed by atoms with E-state index in [0.717, 1.165) is 16.7 Å². The predicted octanol–water partition coefficient (Wildman–Crippen LogP) is 3.20. The van der Waals surface area contributed by atoms with E-state index in [1.54, 1.807) is 24.3 Å². The van der Waals surface area contributed by atoms with E-state index in [-0.39, 0.29) is 47.0 Å². The number of thioether (sulfide) groups is 1. The van der Waals surface area contributed by atoms with Crippen LogP contribution in [-0.4, -0.2) is 56.9 Å². The van der Waals surface area contributed by atoms with Gasteiger partial charge in [-0.25, -0.2) is 14.8 Å². The number of alkyl halides is 3. The van der Waals surface area contributed by atoms with Gasteiger partial charge in [0.05, 0.1) is 23.4 Å². The standard InChI is InChI=1S/C19H14F3N5O3S2/c20-19(21,22)11-32-26-17(30)24-14-7-8-23-18(25-14)31-10-4-3-9-27-15(28)12-5-1-2-6-13(12)16(27)29/h1-2,5-8H,9-11H2,(H2,23,24,25,26,30). The van der Waals surface area contributed by atoms with Crippen LogP contribution in [0.25, 0.3) is 0 Å². The van der Waals surface area contributed by atoms with Crippen molar-refractivity contribution in [3.05, 3.63) is 47.7 Å². The average molecular weight is 481 g/mol. The molecule has 2 N–H and O–H groups in total. The summed E-state index contributed by atoms with van der Waals surface area (Å²) < 4.78 is 38.3. The molecule has 166 valence electrons. The second kappa shape index (κ2) is 10.4. The Bertz CT molecular complexity index is 1070. The highest BCUT2D eigenvalue weighted by atomic mass is 32.2. The zero-order valence-corrected chi connectivity index (χ0v) is 17.7. The smallest absolute Gasteiger partial charge is 0.292 e. The van der Waals surface area contributed by atoms with Crippen molar-refractivity contribution in [3.8, 4) is 11.8 Å². The van der Waals surface area contributed by atoms with E-state index in [2.05, 4.69) is 27.1 Å². The van der Waals surface area contributed by atoms with Crippen molar-refractivity contribution >= 4 is 47.4 Å². The zero-order chi connectivity index (χ0) is 23.1. The molecule has 0 atom stereocenters. The summed E-state index contributed by atoms with van der Waals surface area (Å²) >= 11 is 1.36. The number of benzene rings is 1. The molecule has 1 aromatic carbocycles. The van der Waals surface area contributed by atoms with Crippen molar-refractivity contribution in [2.45, 2.75) is 11.3 Å². The number of aromatic nitrogens is 2. The average Bonchev–Trinajstić information content (AvgIpc) is 2.98. The van der Waals surface area contributed by atoms with Gasteiger partial charge in [-0.2, -0.15) is 13.2 Å². The third-order valence-corrected chi connectivity index (χ3v) is 5.33. The zero-order valence-electron chi connectivity index (χ0n) is 16.1. The quantitative estimate of drug-likeness (QED) is 0.215. The highest BCUT2D eigenvalue weighted by Crippen LogP contribution is 2.22. The van der Waals surface area contributed by atoms with Crippen LogP contribution in [-0.2, 0) is 0 Å². The lowest BCUT2D eigenvalue weighted by molar-refractivity contribution is -0.105. The molecule has 1 aliphatic heterocycles. The Morgan fingerprint density at radius 1 is 1.09 bits per heavy atom. The van der Waals surface area contributed by atoms with Gasteiger partial charge in [-0.05, 0) is 30.1 Å². The molecule has 1 aromatic heterocycles. The monoisotopic (exact) mass is 481 g/mol. The van der Waals surface area contributed by atoms with Crippen LogP contribution in [0.2, 0.25) is 0 Å². The molecule has 0 unspecified atom stereocenters. The van der Waals surface area contributed by atoms with Crippen LogP contribution < -0.4 is 10.0 Å². The number of urea groups is 1. The molecule has 32 heavy (non-hydrogen) atoms. The van der Waals surface area contributed by atoms with E-state index in [9.17, 15) is 27.6 Å². The Morgan fingerprint density at radius 2 is 1.78 bits per heavy atom. The summed E-state index contributed by atoms with van der Waals surface area (Å²) in [4.78, 5) is 45.2. The lowest BCUT2D eigenvalue weighted by Crippen LogP contribution is -2.30. The van der Waals surface area contributed by atoms with Gasteiger partial charge in [0.15, 0.2) is 5.16 Å². The summed E-state index contributed by atoms with van der Waals surface area (Å²) in [6.45, 7) is -0.0505. The van der Waals surface area contributed by atoms with Gasteiger partial charge < -0.3 is 0 Å². The number of nitrogens with zero attached hydrogens (tertiary/aromatic N) is 3. The molecule has 0 saturated heterocycles. The molecular formula is C19H14F3N5O3S2. The van der Waals surface area contributed by atoms with Gasteiger partial charge in [0.25, 0.3) is 11.8 Å². The largest absolute Gasteiger partial charge is 0.399 e. The summed E-state index contributed by atoms with van der Waals surface area (Å²) in [7, 11) is 0. The van der Waals surface area contributed by atoms with E-state index in [1.807, 2.05) is 4.72 Å². The molecular weight excluding hydrogens is 467 g/mol. The number of rotatable bonds is 6. The van der Waals surface area contributed by atoms with Gasteiger partial charge >= 0.3 is 12.2 Å². The first-order chi connectivity index (χ1) is 15.2. The molecule has 4 amide bonds. The molecule has 0 saturated carbocycles. The number of halogens is 3.